The Morgan fingerprint density at radius 1 is 1.19 bits per heavy atom. The van der Waals surface area contributed by atoms with Gasteiger partial charge < -0.3 is 10.1 Å². The van der Waals surface area contributed by atoms with Gasteiger partial charge in [-0.25, -0.2) is 8.78 Å². The predicted molar refractivity (Wildman–Crippen MR) is 72.5 cm³/mol. The molecule has 0 aliphatic heterocycles. The second-order valence-corrected chi connectivity index (χ2v) is 5.32. The summed E-state index contributed by atoms with van der Waals surface area (Å²) in [6.07, 6.45) is 0. The Balaban J connectivity index is 1.89. The standard InChI is InChI=1S/C14H13F4NOS/c1-8(11-3-2-6-21-11)19-4-5-20-14-12(17)9(15)7-10(16)13(14)18/h2-3,6-8,19H,4-5H2,1H3. The van der Waals surface area contributed by atoms with Gasteiger partial charge in [0.15, 0.2) is 17.4 Å². The van der Waals surface area contributed by atoms with Crippen LogP contribution in [0.25, 0.3) is 0 Å². The lowest BCUT2D eigenvalue weighted by molar-refractivity contribution is 0.267. The summed E-state index contributed by atoms with van der Waals surface area (Å²) in [4.78, 5) is 1.10. The molecule has 2 aromatic rings. The zero-order chi connectivity index (χ0) is 15.4. The average Bonchev–Trinajstić information content (AvgIpc) is 2.98. The molecule has 0 fully saturated rings. The summed E-state index contributed by atoms with van der Waals surface area (Å²) in [5.41, 5.74) is 0. The van der Waals surface area contributed by atoms with E-state index in [0.717, 1.165) is 4.88 Å². The zero-order valence-electron chi connectivity index (χ0n) is 11.1. The number of thiophene rings is 1. The number of nitrogens with one attached hydrogen (secondary N) is 1. The lowest BCUT2D eigenvalue weighted by Crippen LogP contribution is -2.24. The summed E-state index contributed by atoms with van der Waals surface area (Å²) in [6.45, 7) is 2.08. The first-order valence-electron chi connectivity index (χ1n) is 6.23. The fourth-order valence-electron chi connectivity index (χ4n) is 1.74. The maximum atomic E-state index is 13.3. The molecule has 0 aliphatic rings. The number of hydrogen-bond acceptors (Lipinski definition) is 3. The molecule has 7 heteroatoms. The molecule has 0 bridgehead atoms. The van der Waals surface area contributed by atoms with Crippen molar-refractivity contribution in [3.05, 3.63) is 51.7 Å². The number of rotatable bonds is 6. The van der Waals surface area contributed by atoms with E-state index in [1.165, 1.54) is 0 Å². The van der Waals surface area contributed by atoms with Gasteiger partial charge in [0.1, 0.15) is 6.61 Å². The monoisotopic (exact) mass is 319 g/mol. The molecule has 21 heavy (non-hydrogen) atoms. The van der Waals surface area contributed by atoms with E-state index in [-0.39, 0.29) is 25.3 Å². The van der Waals surface area contributed by atoms with E-state index in [1.807, 2.05) is 24.4 Å². The minimum Gasteiger partial charge on any atom is -0.486 e. The summed E-state index contributed by atoms with van der Waals surface area (Å²) in [5.74, 6) is -7.05. The number of hydrogen-bond donors (Lipinski definition) is 1. The highest BCUT2D eigenvalue weighted by Crippen LogP contribution is 2.26. The van der Waals surface area contributed by atoms with Crippen molar-refractivity contribution in [3.8, 4) is 5.75 Å². The molecule has 1 aromatic carbocycles. The highest BCUT2D eigenvalue weighted by atomic mass is 32.1. The molecule has 2 rings (SSSR count). The van der Waals surface area contributed by atoms with E-state index in [4.69, 9.17) is 4.74 Å². The van der Waals surface area contributed by atoms with Crippen molar-refractivity contribution in [2.24, 2.45) is 0 Å². The molecule has 0 amide bonds. The van der Waals surface area contributed by atoms with Gasteiger partial charge in [0.2, 0.25) is 11.6 Å². The van der Waals surface area contributed by atoms with Crippen molar-refractivity contribution < 1.29 is 22.3 Å². The molecule has 1 atom stereocenters. The van der Waals surface area contributed by atoms with Gasteiger partial charge in [-0.05, 0) is 18.4 Å². The van der Waals surface area contributed by atoms with Crippen LogP contribution in [0.2, 0.25) is 0 Å². The number of ether oxygens (including phenoxy) is 1. The van der Waals surface area contributed by atoms with Crippen LogP contribution < -0.4 is 10.1 Å². The van der Waals surface area contributed by atoms with E-state index in [2.05, 4.69) is 5.32 Å². The second kappa shape index (κ2) is 6.91. The van der Waals surface area contributed by atoms with Crippen LogP contribution in [-0.2, 0) is 0 Å². The Labute approximate surface area is 123 Å². The quantitative estimate of drug-likeness (QED) is 0.493. The molecule has 0 saturated carbocycles. The van der Waals surface area contributed by atoms with Gasteiger partial charge in [-0.15, -0.1) is 11.3 Å². The Morgan fingerprint density at radius 2 is 1.86 bits per heavy atom. The predicted octanol–water partition coefficient (Wildman–Crippen LogP) is 4.03. The highest BCUT2D eigenvalue weighted by molar-refractivity contribution is 7.10. The molecule has 0 radical (unpaired) electrons. The molecule has 0 saturated heterocycles. The minimum absolute atomic E-state index is 0.0486. The van der Waals surface area contributed by atoms with Crippen molar-refractivity contribution in [1.82, 2.24) is 5.32 Å². The summed E-state index contributed by atoms with van der Waals surface area (Å²) < 4.78 is 57.4. The van der Waals surface area contributed by atoms with Crippen LogP contribution in [0.3, 0.4) is 0 Å². The molecule has 1 aromatic heterocycles. The maximum absolute atomic E-state index is 13.3. The Hall–Kier alpha value is -1.60. The Bertz CT molecular complexity index is 577. The summed E-state index contributed by atoms with van der Waals surface area (Å²) in [7, 11) is 0. The first-order valence-corrected chi connectivity index (χ1v) is 7.11. The third kappa shape index (κ3) is 3.74. The summed E-state index contributed by atoms with van der Waals surface area (Å²) >= 11 is 1.57. The Morgan fingerprint density at radius 3 is 2.43 bits per heavy atom. The molecule has 1 unspecified atom stereocenters. The SMILES string of the molecule is CC(NCCOc1c(F)c(F)cc(F)c1F)c1cccs1. The van der Waals surface area contributed by atoms with Crippen LogP contribution >= 0.6 is 11.3 Å². The van der Waals surface area contributed by atoms with E-state index in [0.29, 0.717) is 0 Å². The second-order valence-electron chi connectivity index (χ2n) is 4.34. The summed E-state index contributed by atoms with van der Waals surface area (Å²) in [5, 5.41) is 5.01. The third-order valence-corrected chi connectivity index (χ3v) is 3.90. The van der Waals surface area contributed by atoms with Crippen LogP contribution in [0.4, 0.5) is 17.6 Å². The zero-order valence-corrected chi connectivity index (χ0v) is 11.9. The van der Waals surface area contributed by atoms with Crippen molar-refractivity contribution in [1.29, 1.82) is 0 Å². The van der Waals surface area contributed by atoms with Gasteiger partial charge in [0.05, 0.1) is 0 Å². The normalized spacial score (nSPS) is 12.4. The molecular weight excluding hydrogens is 306 g/mol. The first kappa shape index (κ1) is 15.8. The van der Waals surface area contributed by atoms with Crippen LogP contribution in [0.15, 0.2) is 23.6 Å². The van der Waals surface area contributed by atoms with E-state index in [1.54, 1.807) is 11.3 Å². The van der Waals surface area contributed by atoms with Gasteiger partial charge in [0, 0.05) is 23.5 Å². The van der Waals surface area contributed by atoms with Gasteiger partial charge >= 0.3 is 0 Å². The lowest BCUT2D eigenvalue weighted by atomic mass is 10.3. The van der Waals surface area contributed by atoms with E-state index in [9.17, 15) is 17.6 Å². The van der Waals surface area contributed by atoms with Crippen molar-refractivity contribution >= 4 is 11.3 Å². The van der Waals surface area contributed by atoms with E-state index >= 15 is 0 Å². The third-order valence-electron chi connectivity index (χ3n) is 2.84. The van der Waals surface area contributed by atoms with Crippen LogP contribution in [-0.4, -0.2) is 13.2 Å². The number of benzene rings is 1. The van der Waals surface area contributed by atoms with E-state index < -0.39 is 29.0 Å². The van der Waals surface area contributed by atoms with Crippen molar-refractivity contribution in [3.63, 3.8) is 0 Å². The van der Waals surface area contributed by atoms with Crippen molar-refractivity contribution in [2.75, 3.05) is 13.2 Å². The van der Waals surface area contributed by atoms with Crippen molar-refractivity contribution in [2.45, 2.75) is 13.0 Å². The molecule has 0 spiro atoms. The minimum atomic E-state index is -1.53. The largest absolute Gasteiger partial charge is 0.486 e. The fraction of sp³-hybridized carbons (Fsp3) is 0.286. The van der Waals surface area contributed by atoms with Gasteiger partial charge in [-0.1, -0.05) is 6.07 Å². The van der Waals surface area contributed by atoms with Gasteiger partial charge in [-0.3, -0.25) is 0 Å². The fourth-order valence-corrected chi connectivity index (χ4v) is 2.50. The van der Waals surface area contributed by atoms with Crippen LogP contribution in [0.1, 0.15) is 17.8 Å². The highest BCUT2D eigenvalue weighted by Gasteiger charge is 2.20. The van der Waals surface area contributed by atoms with Gasteiger partial charge in [-0.2, -0.15) is 8.78 Å². The van der Waals surface area contributed by atoms with Crippen LogP contribution in [0.5, 0.6) is 5.75 Å². The number of halogens is 4. The molecule has 1 N–H and O–H groups in total. The molecule has 0 aliphatic carbocycles. The topological polar surface area (TPSA) is 21.3 Å². The molecule has 1 heterocycles. The smallest absolute Gasteiger partial charge is 0.203 e. The summed E-state index contributed by atoms with van der Waals surface area (Å²) in [6, 6.07) is 4.06. The van der Waals surface area contributed by atoms with Crippen LogP contribution in [0, 0.1) is 23.3 Å². The Kier molecular flexibility index (Phi) is 5.19. The van der Waals surface area contributed by atoms with Gasteiger partial charge in [0.25, 0.3) is 0 Å². The lowest BCUT2D eigenvalue weighted by Gasteiger charge is -2.13. The first-order chi connectivity index (χ1) is 10.0. The average molecular weight is 319 g/mol. The molecule has 114 valence electrons. The molecular formula is C14H13F4NOS. The maximum Gasteiger partial charge on any atom is 0.203 e. The molecule has 2 nitrogen and oxygen atoms in total.